The molecule has 4 rings (SSSR count). The molecule has 0 aliphatic carbocycles. The molecular formula is C24H33N4O4S+. The number of anilines is 1. The Morgan fingerprint density at radius 2 is 2.06 bits per heavy atom. The Balaban J connectivity index is 1.52. The van der Waals surface area contributed by atoms with E-state index in [1.54, 1.807) is 6.07 Å². The predicted octanol–water partition coefficient (Wildman–Crippen LogP) is 1.45. The number of aliphatic hydroxyl groups excluding tert-OH is 1. The summed E-state index contributed by atoms with van der Waals surface area (Å²) in [7, 11) is 0.291. The molecule has 3 heterocycles. The Kier molecular flexibility index (Phi) is 7.41. The van der Waals surface area contributed by atoms with E-state index in [4.69, 9.17) is 14.7 Å². The monoisotopic (exact) mass is 473 g/mol. The van der Waals surface area contributed by atoms with E-state index in [1.807, 2.05) is 26.0 Å². The van der Waals surface area contributed by atoms with E-state index in [-0.39, 0.29) is 24.5 Å². The van der Waals surface area contributed by atoms with Gasteiger partial charge < -0.3 is 15.2 Å². The normalized spacial score (nSPS) is 23.2. The van der Waals surface area contributed by atoms with E-state index in [1.165, 1.54) is 12.0 Å². The summed E-state index contributed by atoms with van der Waals surface area (Å²) >= 11 is 0. The maximum absolute atomic E-state index is 12.6. The first-order chi connectivity index (χ1) is 15.9. The fraction of sp³-hybridized carbons (Fsp3) is 0.542. The molecule has 2 atom stereocenters. The summed E-state index contributed by atoms with van der Waals surface area (Å²) < 4.78 is 17.5. The standard InChI is InChI=1S/C24H32N4O4S/c1-15(2)20(14-29)25-22-21-19(9-12-33(21)31)26-24(27-22)28-10-7-16(8-11-28)17-5-4-6-18(13-17)23(30)32-3/h4-6,13,15-16,20,29H,7-12,14H2,1-3H3,(H,25,26,27)/p+1/t20-,33?/m0/s1. The number of nitrogens with zero attached hydrogens (tertiary/aromatic N) is 2. The summed E-state index contributed by atoms with van der Waals surface area (Å²) in [6, 6.07) is 7.55. The maximum atomic E-state index is 12.6. The fourth-order valence-corrected chi connectivity index (χ4v) is 5.93. The van der Waals surface area contributed by atoms with Gasteiger partial charge in [-0.25, -0.2) is 4.79 Å². The number of hydrogen-bond acceptors (Lipinski definition) is 7. The number of piperidine rings is 1. The van der Waals surface area contributed by atoms with Crippen molar-refractivity contribution in [2.45, 2.75) is 50.0 Å². The van der Waals surface area contributed by atoms with Crippen LogP contribution in [0.5, 0.6) is 0 Å². The van der Waals surface area contributed by atoms with Crippen LogP contribution in [0.3, 0.4) is 0 Å². The number of aromatic nitrogens is 2. The van der Waals surface area contributed by atoms with Crippen molar-refractivity contribution < 1.29 is 23.7 Å². The van der Waals surface area contributed by atoms with Gasteiger partial charge in [0, 0.05) is 25.0 Å². The number of carbonyl (C=O) groups excluding carboxylic acids is 1. The van der Waals surface area contributed by atoms with Gasteiger partial charge in [-0.3, -0.25) is 9.11 Å². The van der Waals surface area contributed by atoms with Crippen molar-refractivity contribution in [1.29, 1.82) is 0 Å². The van der Waals surface area contributed by atoms with Crippen molar-refractivity contribution >= 4 is 28.5 Å². The highest BCUT2D eigenvalue weighted by molar-refractivity contribution is 7.85. The van der Waals surface area contributed by atoms with Crippen LogP contribution >= 0.6 is 0 Å². The predicted molar refractivity (Wildman–Crippen MR) is 126 cm³/mol. The number of esters is 1. The van der Waals surface area contributed by atoms with Crippen LogP contribution in [0.25, 0.3) is 0 Å². The lowest BCUT2D eigenvalue weighted by Crippen LogP contribution is -3.09. The lowest BCUT2D eigenvalue weighted by atomic mass is 9.88. The van der Waals surface area contributed by atoms with Gasteiger partial charge in [0.25, 0.3) is 0 Å². The highest BCUT2D eigenvalue weighted by atomic mass is 32.2. The Labute approximate surface area is 197 Å². The average Bonchev–Trinajstić information content (AvgIpc) is 3.22. The summed E-state index contributed by atoms with van der Waals surface area (Å²) in [5, 5.41) is 13.1. The van der Waals surface area contributed by atoms with Gasteiger partial charge in [0.2, 0.25) is 0 Å². The molecule has 1 aromatic carbocycles. The minimum atomic E-state index is -1.11. The highest BCUT2D eigenvalue weighted by Gasteiger charge is 2.32. The quantitative estimate of drug-likeness (QED) is 0.523. The Bertz CT molecular complexity index is 1040. The molecule has 1 aromatic heterocycles. The van der Waals surface area contributed by atoms with E-state index in [9.17, 15) is 14.1 Å². The molecule has 8 nitrogen and oxygen atoms in total. The molecule has 0 radical (unpaired) electrons. The zero-order chi connectivity index (χ0) is 23.5. The second-order valence-corrected chi connectivity index (χ2v) is 10.7. The van der Waals surface area contributed by atoms with Crippen molar-refractivity contribution in [3.8, 4) is 0 Å². The molecule has 1 unspecified atom stereocenters. The number of nitrogens with one attached hydrogen (secondary N) is 2. The zero-order valence-electron chi connectivity index (χ0n) is 19.5. The van der Waals surface area contributed by atoms with Crippen LogP contribution in [0.4, 0.5) is 11.8 Å². The van der Waals surface area contributed by atoms with Gasteiger partial charge in [-0.05, 0) is 29.5 Å². The minimum Gasteiger partial charge on any atom is -0.465 e. The second-order valence-electron chi connectivity index (χ2n) is 9.14. The van der Waals surface area contributed by atoms with Crippen LogP contribution in [-0.2, 0) is 22.0 Å². The van der Waals surface area contributed by atoms with Crippen LogP contribution < -0.4 is 10.2 Å². The summed E-state index contributed by atoms with van der Waals surface area (Å²) in [6.45, 7) is 5.82. The Morgan fingerprint density at radius 3 is 2.73 bits per heavy atom. The number of quaternary nitrogens is 1. The smallest absolute Gasteiger partial charge is 0.337 e. The molecule has 0 spiro atoms. The number of hydrogen-bond donors (Lipinski definition) is 3. The van der Waals surface area contributed by atoms with E-state index >= 15 is 0 Å². The molecule has 0 bridgehead atoms. The van der Waals surface area contributed by atoms with E-state index in [2.05, 4.69) is 11.4 Å². The van der Waals surface area contributed by atoms with Gasteiger partial charge in [-0.1, -0.05) is 26.0 Å². The number of methoxy groups -OCH3 is 1. The summed E-state index contributed by atoms with van der Waals surface area (Å²) in [4.78, 5) is 23.4. The van der Waals surface area contributed by atoms with Crippen LogP contribution in [0.15, 0.2) is 29.2 Å². The SMILES string of the molecule is COC(=O)c1cccc(C2CC[NH+](c3nc4c(c(N[C@@H](CO)C(C)C)n3)S(=O)CC4)CC2)c1. The molecule has 33 heavy (non-hydrogen) atoms. The molecule has 2 aromatic rings. The van der Waals surface area contributed by atoms with Crippen LogP contribution in [-0.4, -0.2) is 63.9 Å². The first kappa shape index (κ1) is 23.8. The third kappa shape index (κ3) is 5.10. The van der Waals surface area contributed by atoms with Gasteiger partial charge in [-0.15, -0.1) is 0 Å². The number of rotatable bonds is 7. The molecule has 2 aliphatic heterocycles. The van der Waals surface area contributed by atoms with Gasteiger partial charge in [-0.2, -0.15) is 9.97 Å². The van der Waals surface area contributed by atoms with Gasteiger partial charge in [0.15, 0.2) is 5.82 Å². The topological polar surface area (TPSA) is 106 Å². The molecule has 2 aliphatic rings. The maximum Gasteiger partial charge on any atom is 0.337 e. The number of fused-ring (bicyclic) bond motifs is 1. The number of ether oxygens (including phenoxy) is 1. The molecule has 178 valence electrons. The molecule has 0 amide bonds. The lowest BCUT2D eigenvalue weighted by Gasteiger charge is -2.29. The van der Waals surface area contributed by atoms with Crippen LogP contribution in [0, 0.1) is 5.92 Å². The van der Waals surface area contributed by atoms with Gasteiger partial charge in [0.05, 0.1) is 54.9 Å². The molecule has 3 N–H and O–H groups in total. The third-order valence-electron chi connectivity index (χ3n) is 6.70. The van der Waals surface area contributed by atoms with Crippen LogP contribution in [0.2, 0.25) is 0 Å². The lowest BCUT2D eigenvalue weighted by molar-refractivity contribution is -0.844. The average molecular weight is 474 g/mol. The molecule has 9 heteroatoms. The van der Waals surface area contributed by atoms with E-state index in [0.29, 0.717) is 34.4 Å². The van der Waals surface area contributed by atoms with Crippen molar-refractivity contribution in [2.24, 2.45) is 5.92 Å². The van der Waals surface area contributed by atoms with Crippen molar-refractivity contribution in [2.75, 3.05) is 37.9 Å². The van der Waals surface area contributed by atoms with Gasteiger partial charge >= 0.3 is 11.9 Å². The summed E-state index contributed by atoms with van der Waals surface area (Å²) in [5.74, 6) is 2.19. The molecule has 1 saturated heterocycles. The number of aryl methyl sites for hydroxylation is 1. The first-order valence-corrected chi connectivity index (χ1v) is 12.9. The van der Waals surface area contributed by atoms with Gasteiger partial charge in [0.1, 0.15) is 4.90 Å². The number of aliphatic hydroxyl groups is 1. The zero-order valence-corrected chi connectivity index (χ0v) is 20.3. The van der Waals surface area contributed by atoms with E-state index in [0.717, 1.165) is 43.1 Å². The highest BCUT2D eigenvalue weighted by Crippen LogP contribution is 2.30. The Morgan fingerprint density at radius 1 is 1.30 bits per heavy atom. The number of benzene rings is 1. The summed E-state index contributed by atoms with van der Waals surface area (Å²) in [6.07, 6.45) is 2.61. The molecule has 0 saturated carbocycles. The third-order valence-corrected chi connectivity index (χ3v) is 8.15. The summed E-state index contributed by atoms with van der Waals surface area (Å²) in [5.41, 5.74) is 2.60. The van der Waals surface area contributed by atoms with Crippen molar-refractivity contribution in [3.63, 3.8) is 0 Å². The first-order valence-electron chi connectivity index (χ1n) is 11.6. The van der Waals surface area contributed by atoms with Crippen LogP contribution in [0.1, 0.15) is 54.2 Å². The molecular weight excluding hydrogens is 440 g/mol. The van der Waals surface area contributed by atoms with Crippen molar-refractivity contribution in [1.82, 2.24) is 9.97 Å². The minimum absolute atomic E-state index is 0.0126. The second kappa shape index (κ2) is 10.3. The largest absolute Gasteiger partial charge is 0.465 e. The Hall–Kier alpha value is -2.36. The molecule has 1 fully saturated rings. The van der Waals surface area contributed by atoms with E-state index < -0.39 is 10.8 Å². The fourth-order valence-electron chi connectivity index (χ4n) is 4.61. The number of carbonyl (C=O) groups is 1. The van der Waals surface area contributed by atoms with Crippen molar-refractivity contribution in [3.05, 3.63) is 41.1 Å².